The number of nitrogens with zero attached hydrogens (tertiary/aromatic N) is 3. The normalized spacial score (nSPS) is 19.3. The van der Waals surface area contributed by atoms with Crippen molar-refractivity contribution >= 4 is 29.3 Å². The van der Waals surface area contributed by atoms with Crippen LogP contribution in [0.2, 0.25) is 5.02 Å². The minimum Gasteiger partial charge on any atom is -0.396 e. The molecule has 1 unspecified atom stereocenters. The maximum atomic E-state index is 12.3. The van der Waals surface area contributed by atoms with E-state index in [0.29, 0.717) is 18.2 Å². The lowest BCUT2D eigenvalue weighted by Gasteiger charge is -2.16. The number of rotatable bonds is 3. The molecule has 0 bridgehead atoms. The van der Waals surface area contributed by atoms with E-state index in [2.05, 4.69) is 9.97 Å². The third-order valence-electron chi connectivity index (χ3n) is 2.94. The van der Waals surface area contributed by atoms with E-state index in [0.717, 1.165) is 6.42 Å². The third kappa shape index (κ3) is 2.76. The second-order valence-corrected chi connectivity index (χ2v) is 5.32. The average Bonchev–Trinajstić information content (AvgIpc) is 2.87. The summed E-state index contributed by atoms with van der Waals surface area (Å²) in [4.78, 5) is 22.1. The van der Waals surface area contributed by atoms with Gasteiger partial charge in [0.15, 0.2) is 10.9 Å². The molecule has 98 valence electrons. The Bertz CT molecular complexity index is 458. The molecule has 18 heavy (non-hydrogen) atoms. The van der Waals surface area contributed by atoms with Crippen LogP contribution < -0.4 is 0 Å². The van der Waals surface area contributed by atoms with Crippen LogP contribution in [0.4, 0.5) is 0 Å². The van der Waals surface area contributed by atoms with Gasteiger partial charge in [-0.3, -0.25) is 4.79 Å². The minimum absolute atomic E-state index is 0.108. The van der Waals surface area contributed by atoms with Crippen molar-refractivity contribution in [1.82, 2.24) is 14.9 Å². The summed E-state index contributed by atoms with van der Waals surface area (Å²) in [5, 5.41) is 9.88. The van der Waals surface area contributed by atoms with Crippen LogP contribution in [-0.4, -0.2) is 51.8 Å². The van der Waals surface area contributed by atoms with Crippen molar-refractivity contribution in [2.75, 3.05) is 26.0 Å². The molecule has 0 spiro atoms. The first-order valence-electron chi connectivity index (χ1n) is 5.62. The summed E-state index contributed by atoms with van der Waals surface area (Å²) in [6.07, 6.45) is 4.11. The fourth-order valence-corrected chi connectivity index (χ4v) is 2.43. The molecule has 1 fully saturated rings. The van der Waals surface area contributed by atoms with Gasteiger partial charge in [-0.15, -0.1) is 0 Å². The quantitative estimate of drug-likeness (QED) is 0.671. The molecule has 0 saturated carbocycles. The fourth-order valence-electron chi connectivity index (χ4n) is 1.92. The molecule has 0 radical (unpaired) electrons. The molecule has 1 saturated heterocycles. The standard InChI is InChI=1S/C11H14ClN3O2S/c1-18-11-13-4-8(12)9(14-11)10(17)15-3-2-7(5-15)6-16/h4,7,16H,2-3,5-6H2,1H3. The van der Waals surface area contributed by atoms with Crippen LogP contribution in [0.5, 0.6) is 0 Å². The Hall–Kier alpha value is -0.850. The number of carbonyl (C=O) groups is 1. The number of aromatic nitrogens is 2. The summed E-state index contributed by atoms with van der Waals surface area (Å²) < 4.78 is 0. The number of aliphatic hydroxyl groups excluding tert-OH is 1. The molecule has 5 nitrogen and oxygen atoms in total. The molecule has 1 aliphatic rings. The fraction of sp³-hybridized carbons (Fsp3) is 0.545. The summed E-state index contributed by atoms with van der Waals surface area (Å²) in [7, 11) is 0. The molecule has 0 aromatic carbocycles. The first-order valence-corrected chi connectivity index (χ1v) is 7.22. The highest BCUT2D eigenvalue weighted by Crippen LogP contribution is 2.22. The number of likely N-dealkylation sites (tertiary alicyclic amines) is 1. The number of hydrogen-bond donors (Lipinski definition) is 1. The molecule has 0 aliphatic carbocycles. The Balaban J connectivity index is 2.18. The number of aliphatic hydroxyl groups is 1. The predicted molar refractivity (Wildman–Crippen MR) is 69.9 cm³/mol. The van der Waals surface area contributed by atoms with Crippen molar-refractivity contribution in [1.29, 1.82) is 0 Å². The Morgan fingerprint density at radius 1 is 1.72 bits per heavy atom. The summed E-state index contributed by atoms with van der Waals surface area (Å²) in [5.41, 5.74) is 0.245. The van der Waals surface area contributed by atoms with Crippen molar-refractivity contribution < 1.29 is 9.90 Å². The number of thioether (sulfide) groups is 1. The Kier molecular flexibility index (Phi) is 4.42. The zero-order valence-electron chi connectivity index (χ0n) is 9.97. The summed E-state index contributed by atoms with van der Waals surface area (Å²) >= 11 is 7.33. The monoisotopic (exact) mass is 287 g/mol. The molecule has 1 atom stereocenters. The Labute approximate surface area is 115 Å². The minimum atomic E-state index is -0.186. The topological polar surface area (TPSA) is 66.3 Å². The molecular weight excluding hydrogens is 274 g/mol. The largest absolute Gasteiger partial charge is 0.396 e. The first kappa shape index (κ1) is 13.6. The molecule has 1 aromatic heterocycles. The number of amides is 1. The molecule has 1 N–H and O–H groups in total. The van der Waals surface area contributed by atoms with Gasteiger partial charge < -0.3 is 10.0 Å². The van der Waals surface area contributed by atoms with Crippen LogP contribution in [-0.2, 0) is 0 Å². The summed E-state index contributed by atoms with van der Waals surface area (Å²) in [6.45, 7) is 1.31. The highest BCUT2D eigenvalue weighted by atomic mass is 35.5. The van der Waals surface area contributed by atoms with E-state index in [-0.39, 0.29) is 29.1 Å². The lowest BCUT2D eigenvalue weighted by molar-refractivity contribution is 0.0775. The van der Waals surface area contributed by atoms with Crippen molar-refractivity contribution in [2.45, 2.75) is 11.6 Å². The zero-order valence-corrected chi connectivity index (χ0v) is 11.5. The van der Waals surface area contributed by atoms with Crippen LogP contribution in [0.15, 0.2) is 11.4 Å². The molecule has 2 heterocycles. The van der Waals surface area contributed by atoms with E-state index in [1.54, 1.807) is 4.90 Å². The van der Waals surface area contributed by atoms with Gasteiger partial charge in [0.25, 0.3) is 5.91 Å². The van der Waals surface area contributed by atoms with E-state index < -0.39 is 0 Å². The smallest absolute Gasteiger partial charge is 0.274 e. The van der Waals surface area contributed by atoms with Gasteiger partial charge in [0, 0.05) is 25.6 Å². The lowest BCUT2D eigenvalue weighted by atomic mass is 10.1. The van der Waals surface area contributed by atoms with Crippen LogP contribution in [0.3, 0.4) is 0 Å². The van der Waals surface area contributed by atoms with Crippen LogP contribution >= 0.6 is 23.4 Å². The number of carbonyl (C=O) groups excluding carboxylic acids is 1. The SMILES string of the molecule is CSc1ncc(Cl)c(C(=O)N2CCC(CO)C2)n1. The van der Waals surface area contributed by atoms with Crippen LogP contribution in [0.1, 0.15) is 16.9 Å². The van der Waals surface area contributed by atoms with Crippen LogP contribution in [0, 0.1) is 5.92 Å². The maximum absolute atomic E-state index is 12.3. The third-order valence-corrected chi connectivity index (χ3v) is 3.78. The van der Waals surface area contributed by atoms with Gasteiger partial charge in [-0.1, -0.05) is 23.4 Å². The van der Waals surface area contributed by atoms with E-state index in [1.165, 1.54) is 18.0 Å². The molecule has 1 aliphatic heterocycles. The second-order valence-electron chi connectivity index (χ2n) is 4.14. The van der Waals surface area contributed by atoms with Crippen LogP contribution in [0.25, 0.3) is 0 Å². The Morgan fingerprint density at radius 3 is 3.11 bits per heavy atom. The second kappa shape index (κ2) is 5.86. The molecular formula is C11H14ClN3O2S. The van der Waals surface area contributed by atoms with Gasteiger partial charge >= 0.3 is 0 Å². The molecule has 1 aromatic rings. The average molecular weight is 288 g/mol. The van der Waals surface area contributed by atoms with E-state index in [1.807, 2.05) is 6.26 Å². The Morgan fingerprint density at radius 2 is 2.50 bits per heavy atom. The van der Waals surface area contributed by atoms with E-state index in [4.69, 9.17) is 16.7 Å². The lowest BCUT2D eigenvalue weighted by Crippen LogP contribution is -2.30. The predicted octanol–water partition coefficient (Wildman–Crippen LogP) is 1.31. The number of hydrogen-bond acceptors (Lipinski definition) is 5. The van der Waals surface area contributed by atoms with Gasteiger partial charge in [0.2, 0.25) is 0 Å². The van der Waals surface area contributed by atoms with Crippen molar-refractivity contribution in [3.8, 4) is 0 Å². The molecule has 7 heteroatoms. The highest BCUT2D eigenvalue weighted by Gasteiger charge is 2.28. The van der Waals surface area contributed by atoms with E-state index >= 15 is 0 Å². The molecule has 1 amide bonds. The first-order chi connectivity index (χ1) is 8.65. The van der Waals surface area contributed by atoms with Crippen molar-refractivity contribution in [3.63, 3.8) is 0 Å². The highest BCUT2D eigenvalue weighted by molar-refractivity contribution is 7.98. The van der Waals surface area contributed by atoms with Gasteiger partial charge in [-0.25, -0.2) is 9.97 Å². The van der Waals surface area contributed by atoms with Crippen molar-refractivity contribution in [2.24, 2.45) is 5.92 Å². The number of halogens is 1. The van der Waals surface area contributed by atoms with Crippen molar-refractivity contribution in [3.05, 3.63) is 16.9 Å². The zero-order chi connectivity index (χ0) is 13.1. The van der Waals surface area contributed by atoms with Gasteiger partial charge in [-0.2, -0.15) is 0 Å². The maximum Gasteiger partial charge on any atom is 0.274 e. The van der Waals surface area contributed by atoms with Gasteiger partial charge in [-0.05, 0) is 12.7 Å². The van der Waals surface area contributed by atoms with Gasteiger partial charge in [0.1, 0.15) is 0 Å². The summed E-state index contributed by atoms with van der Waals surface area (Å²) in [5.74, 6) is -0.0248. The summed E-state index contributed by atoms with van der Waals surface area (Å²) in [6, 6.07) is 0. The molecule has 2 rings (SSSR count). The van der Waals surface area contributed by atoms with E-state index in [9.17, 15) is 4.79 Å². The van der Waals surface area contributed by atoms with Gasteiger partial charge in [0.05, 0.1) is 11.2 Å².